The molecule has 0 aromatic heterocycles. The van der Waals surface area contributed by atoms with E-state index in [0.29, 0.717) is 0 Å². The molecule has 0 heterocycles. The number of hydrogen-bond acceptors (Lipinski definition) is 0. The van der Waals surface area contributed by atoms with Crippen molar-refractivity contribution in [1.29, 1.82) is 0 Å². The molecular weight excluding hydrogens is 228 g/mol. The van der Waals surface area contributed by atoms with E-state index in [9.17, 15) is 0 Å². The molecule has 0 heteroatoms. The smallest absolute Gasteiger partial charge is 0.0138 e. The van der Waals surface area contributed by atoms with Crippen LogP contribution < -0.4 is 0 Å². The summed E-state index contributed by atoms with van der Waals surface area (Å²) in [5.41, 5.74) is 2.95. The van der Waals surface area contributed by atoms with Crippen LogP contribution in [0.5, 0.6) is 0 Å². The van der Waals surface area contributed by atoms with Crippen LogP contribution in [0.4, 0.5) is 0 Å². The van der Waals surface area contributed by atoms with Gasteiger partial charge in [0.1, 0.15) is 0 Å². The fraction of sp³-hybridized carbons (Fsp3) is 0.789. The van der Waals surface area contributed by atoms with Crippen LogP contribution in [0, 0.1) is 17.8 Å². The van der Waals surface area contributed by atoms with E-state index in [1.54, 1.807) is 5.57 Å². The van der Waals surface area contributed by atoms with Crippen LogP contribution in [-0.2, 0) is 0 Å². The summed E-state index contributed by atoms with van der Waals surface area (Å²) in [5.74, 6) is 2.46. The monoisotopic (exact) mass is 260 g/mol. The van der Waals surface area contributed by atoms with Gasteiger partial charge in [0.15, 0.2) is 0 Å². The van der Waals surface area contributed by atoms with Gasteiger partial charge >= 0.3 is 0 Å². The molecule has 2 saturated carbocycles. The van der Waals surface area contributed by atoms with E-state index in [0.717, 1.165) is 17.8 Å². The molecule has 0 nitrogen and oxygen atoms in total. The molecule has 2 aliphatic carbocycles. The summed E-state index contributed by atoms with van der Waals surface area (Å²) in [7, 11) is 0. The van der Waals surface area contributed by atoms with Crippen molar-refractivity contribution in [2.75, 3.05) is 0 Å². The molecule has 2 rings (SSSR count). The average molecular weight is 260 g/mol. The summed E-state index contributed by atoms with van der Waals surface area (Å²) in [6.07, 6.45) is 15.5. The number of hydrogen-bond donors (Lipinski definition) is 0. The number of allylic oxidation sites excluding steroid dienone is 2. The standard InChI is InChI=1S/C19H32/c1-15(2)14-19(18-12-8-5-9-13-18)16(3)17-10-6-4-7-11-17/h17-19H,1,3-14H2,2H3. The summed E-state index contributed by atoms with van der Waals surface area (Å²) in [5, 5.41) is 0. The molecule has 0 spiro atoms. The van der Waals surface area contributed by atoms with Crippen molar-refractivity contribution in [2.45, 2.75) is 77.6 Å². The van der Waals surface area contributed by atoms with Crippen molar-refractivity contribution in [1.82, 2.24) is 0 Å². The van der Waals surface area contributed by atoms with E-state index >= 15 is 0 Å². The molecule has 1 unspecified atom stereocenters. The Kier molecular flexibility index (Phi) is 5.73. The van der Waals surface area contributed by atoms with Gasteiger partial charge in [-0.1, -0.05) is 56.3 Å². The SMILES string of the molecule is C=C(C)CC(C(=C)C1CCCCC1)C1CCCCC1. The second kappa shape index (κ2) is 7.31. The lowest BCUT2D eigenvalue weighted by Crippen LogP contribution is -2.24. The fourth-order valence-corrected chi connectivity index (χ4v) is 4.29. The molecule has 0 aromatic rings. The van der Waals surface area contributed by atoms with Crippen molar-refractivity contribution in [3.05, 3.63) is 24.3 Å². The third-order valence-corrected chi connectivity index (χ3v) is 5.39. The van der Waals surface area contributed by atoms with Crippen molar-refractivity contribution in [3.63, 3.8) is 0 Å². The predicted molar refractivity (Wildman–Crippen MR) is 85.2 cm³/mol. The van der Waals surface area contributed by atoms with Gasteiger partial charge in [0.05, 0.1) is 0 Å². The van der Waals surface area contributed by atoms with Gasteiger partial charge in [0, 0.05) is 0 Å². The zero-order valence-corrected chi connectivity index (χ0v) is 12.9. The lowest BCUT2D eigenvalue weighted by molar-refractivity contribution is 0.249. The first kappa shape index (κ1) is 14.9. The second-order valence-electron chi connectivity index (χ2n) is 7.08. The first-order valence-corrected chi connectivity index (χ1v) is 8.51. The molecule has 0 radical (unpaired) electrons. The molecule has 0 N–H and O–H groups in total. The summed E-state index contributed by atoms with van der Waals surface area (Å²) in [6.45, 7) is 10.9. The second-order valence-corrected chi connectivity index (χ2v) is 7.08. The Balaban J connectivity index is 2.02. The van der Waals surface area contributed by atoms with Gasteiger partial charge < -0.3 is 0 Å². The Bertz CT molecular complexity index is 300. The van der Waals surface area contributed by atoms with E-state index in [4.69, 9.17) is 0 Å². The molecule has 1 atom stereocenters. The summed E-state index contributed by atoms with van der Waals surface area (Å²) in [6, 6.07) is 0. The third-order valence-electron chi connectivity index (χ3n) is 5.39. The molecule has 0 aliphatic heterocycles. The Morgan fingerprint density at radius 3 is 1.95 bits per heavy atom. The van der Waals surface area contributed by atoms with E-state index in [1.165, 1.54) is 76.2 Å². The predicted octanol–water partition coefficient (Wildman–Crippen LogP) is 6.29. The maximum Gasteiger partial charge on any atom is -0.0138 e. The molecule has 0 amide bonds. The molecule has 0 bridgehead atoms. The van der Waals surface area contributed by atoms with Crippen molar-refractivity contribution in [3.8, 4) is 0 Å². The van der Waals surface area contributed by atoms with Gasteiger partial charge in [-0.05, 0) is 56.8 Å². The Morgan fingerprint density at radius 1 is 0.895 bits per heavy atom. The lowest BCUT2D eigenvalue weighted by Gasteiger charge is -2.36. The quantitative estimate of drug-likeness (QED) is 0.510. The molecule has 2 aliphatic rings. The highest BCUT2D eigenvalue weighted by atomic mass is 14.3. The normalized spacial score (nSPS) is 24.1. The first-order chi connectivity index (χ1) is 9.18. The zero-order chi connectivity index (χ0) is 13.7. The summed E-state index contributed by atoms with van der Waals surface area (Å²) < 4.78 is 0. The van der Waals surface area contributed by atoms with Crippen molar-refractivity contribution >= 4 is 0 Å². The van der Waals surface area contributed by atoms with Crippen LogP contribution in [-0.4, -0.2) is 0 Å². The summed E-state index contributed by atoms with van der Waals surface area (Å²) in [4.78, 5) is 0. The van der Waals surface area contributed by atoms with Crippen LogP contribution in [0.3, 0.4) is 0 Å². The van der Waals surface area contributed by atoms with Crippen LogP contribution in [0.25, 0.3) is 0 Å². The van der Waals surface area contributed by atoms with Gasteiger partial charge in [0.25, 0.3) is 0 Å². The molecule has 108 valence electrons. The zero-order valence-electron chi connectivity index (χ0n) is 12.9. The maximum atomic E-state index is 4.57. The Hall–Kier alpha value is -0.520. The highest BCUT2D eigenvalue weighted by molar-refractivity contribution is 5.12. The third kappa shape index (κ3) is 4.23. The molecule has 2 fully saturated rings. The Morgan fingerprint density at radius 2 is 1.42 bits per heavy atom. The lowest BCUT2D eigenvalue weighted by atomic mass is 9.69. The molecule has 0 aromatic carbocycles. The average Bonchev–Trinajstić information content (AvgIpc) is 2.46. The number of rotatable bonds is 5. The van der Waals surface area contributed by atoms with E-state index in [-0.39, 0.29) is 0 Å². The van der Waals surface area contributed by atoms with Crippen molar-refractivity contribution < 1.29 is 0 Å². The van der Waals surface area contributed by atoms with Crippen molar-refractivity contribution in [2.24, 2.45) is 17.8 Å². The topological polar surface area (TPSA) is 0 Å². The maximum absolute atomic E-state index is 4.57. The Labute approximate surface area is 120 Å². The van der Waals surface area contributed by atoms with Gasteiger partial charge in [0.2, 0.25) is 0 Å². The molecule has 19 heavy (non-hydrogen) atoms. The minimum Gasteiger partial charge on any atom is -0.100 e. The van der Waals surface area contributed by atoms with Crippen LogP contribution >= 0.6 is 0 Å². The van der Waals surface area contributed by atoms with Crippen LogP contribution in [0.2, 0.25) is 0 Å². The van der Waals surface area contributed by atoms with Gasteiger partial charge in [-0.15, -0.1) is 6.58 Å². The first-order valence-electron chi connectivity index (χ1n) is 8.51. The van der Waals surface area contributed by atoms with Gasteiger partial charge in [-0.2, -0.15) is 0 Å². The van der Waals surface area contributed by atoms with Gasteiger partial charge in [-0.3, -0.25) is 0 Å². The van der Waals surface area contributed by atoms with E-state index in [2.05, 4.69) is 20.1 Å². The molecular formula is C19H32. The minimum absolute atomic E-state index is 0.737. The van der Waals surface area contributed by atoms with Crippen LogP contribution in [0.1, 0.15) is 77.6 Å². The van der Waals surface area contributed by atoms with Crippen LogP contribution in [0.15, 0.2) is 24.3 Å². The largest absolute Gasteiger partial charge is 0.100 e. The fourth-order valence-electron chi connectivity index (χ4n) is 4.29. The van der Waals surface area contributed by atoms with E-state index in [1.807, 2.05) is 0 Å². The molecule has 0 saturated heterocycles. The van der Waals surface area contributed by atoms with E-state index < -0.39 is 0 Å². The highest BCUT2D eigenvalue weighted by Gasteiger charge is 2.29. The minimum atomic E-state index is 0.737. The summed E-state index contributed by atoms with van der Waals surface area (Å²) >= 11 is 0. The highest BCUT2D eigenvalue weighted by Crippen LogP contribution is 2.42. The van der Waals surface area contributed by atoms with Gasteiger partial charge in [-0.25, -0.2) is 0 Å².